The van der Waals surface area contributed by atoms with Gasteiger partial charge in [-0.25, -0.2) is 0 Å². The summed E-state index contributed by atoms with van der Waals surface area (Å²) in [6.07, 6.45) is 1.64. The Morgan fingerprint density at radius 3 is 2.12 bits per heavy atom. The molecule has 0 aliphatic heterocycles. The van der Waals surface area contributed by atoms with Gasteiger partial charge in [0.2, 0.25) is 0 Å². The van der Waals surface area contributed by atoms with E-state index in [9.17, 15) is 4.79 Å². The number of hydrogen-bond donors (Lipinski definition) is 1. The molecule has 4 nitrogen and oxygen atoms in total. The van der Waals surface area contributed by atoms with Crippen LogP contribution in [0.15, 0.2) is 6.07 Å². The van der Waals surface area contributed by atoms with Gasteiger partial charge < -0.3 is 15.2 Å². The Hall–Kier alpha value is -1.71. The molecule has 1 aromatic rings. The molecule has 4 heteroatoms. The molecule has 0 fully saturated rings. The molecule has 0 unspecified atom stereocenters. The lowest BCUT2D eigenvalue weighted by Gasteiger charge is -2.17. The quantitative estimate of drug-likeness (QED) is 0.851. The summed E-state index contributed by atoms with van der Waals surface area (Å²) in [5.74, 6) is 0.537. The molecule has 0 atom stereocenters. The van der Waals surface area contributed by atoms with E-state index in [4.69, 9.17) is 15.2 Å². The molecule has 1 aromatic carbocycles. The van der Waals surface area contributed by atoms with Gasteiger partial charge in [0.25, 0.3) is 5.91 Å². The standard InChI is InChI=1S/C13H19NO3/c1-5-8-7-10(13(14)15)12(17-4)11(16-3)9(8)6-2/h7H,5-6H2,1-4H3,(H2,14,15). The summed E-state index contributed by atoms with van der Waals surface area (Å²) in [7, 11) is 3.08. The van der Waals surface area contributed by atoms with Crippen molar-refractivity contribution >= 4 is 5.91 Å². The molecule has 0 aliphatic carbocycles. The van der Waals surface area contributed by atoms with Crippen molar-refractivity contribution in [3.05, 3.63) is 22.8 Å². The number of nitrogens with two attached hydrogens (primary N) is 1. The Balaban J connectivity index is 3.60. The number of amides is 1. The van der Waals surface area contributed by atoms with E-state index in [1.807, 2.05) is 13.8 Å². The fourth-order valence-corrected chi connectivity index (χ4v) is 2.04. The number of methoxy groups -OCH3 is 2. The number of carbonyl (C=O) groups is 1. The van der Waals surface area contributed by atoms with Gasteiger partial charge in [0.1, 0.15) is 0 Å². The van der Waals surface area contributed by atoms with Gasteiger partial charge in [-0.15, -0.1) is 0 Å². The van der Waals surface area contributed by atoms with Gasteiger partial charge in [-0.1, -0.05) is 13.8 Å². The second-order valence-electron chi connectivity index (χ2n) is 3.70. The van der Waals surface area contributed by atoms with Crippen molar-refractivity contribution in [3.63, 3.8) is 0 Å². The van der Waals surface area contributed by atoms with Crippen LogP contribution in [0, 0.1) is 0 Å². The molecular formula is C13H19NO3. The van der Waals surface area contributed by atoms with E-state index < -0.39 is 5.91 Å². The van der Waals surface area contributed by atoms with Crippen LogP contribution in [0.5, 0.6) is 11.5 Å². The van der Waals surface area contributed by atoms with Crippen molar-refractivity contribution in [2.45, 2.75) is 26.7 Å². The van der Waals surface area contributed by atoms with Gasteiger partial charge in [0, 0.05) is 5.56 Å². The molecule has 0 bridgehead atoms. The summed E-state index contributed by atoms with van der Waals surface area (Å²) in [4.78, 5) is 11.4. The lowest BCUT2D eigenvalue weighted by molar-refractivity contribution is 0.0996. The Bertz CT molecular complexity index is 427. The average molecular weight is 237 g/mol. The first-order chi connectivity index (χ1) is 8.10. The molecule has 1 amide bonds. The highest BCUT2D eigenvalue weighted by Gasteiger charge is 2.20. The lowest BCUT2D eigenvalue weighted by atomic mass is 9.97. The van der Waals surface area contributed by atoms with Crippen molar-refractivity contribution in [3.8, 4) is 11.5 Å². The Morgan fingerprint density at radius 2 is 1.76 bits per heavy atom. The molecular weight excluding hydrogens is 218 g/mol. The first-order valence-electron chi connectivity index (χ1n) is 5.67. The second-order valence-corrected chi connectivity index (χ2v) is 3.70. The molecule has 0 saturated carbocycles. The molecule has 94 valence electrons. The van der Waals surface area contributed by atoms with Gasteiger partial charge in [0.15, 0.2) is 11.5 Å². The molecule has 0 heterocycles. The summed E-state index contributed by atoms with van der Waals surface area (Å²) >= 11 is 0. The Labute approximate surface area is 102 Å². The van der Waals surface area contributed by atoms with E-state index in [1.54, 1.807) is 13.2 Å². The smallest absolute Gasteiger partial charge is 0.252 e. The topological polar surface area (TPSA) is 61.6 Å². The minimum Gasteiger partial charge on any atom is -0.493 e. The van der Waals surface area contributed by atoms with Crippen molar-refractivity contribution < 1.29 is 14.3 Å². The first-order valence-corrected chi connectivity index (χ1v) is 5.67. The van der Waals surface area contributed by atoms with E-state index in [0.29, 0.717) is 17.1 Å². The van der Waals surface area contributed by atoms with Crippen molar-refractivity contribution in [1.82, 2.24) is 0 Å². The highest BCUT2D eigenvalue weighted by molar-refractivity contribution is 5.97. The Morgan fingerprint density at radius 1 is 1.18 bits per heavy atom. The van der Waals surface area contributed by atoms with Gasteiger partial charge in [-0.05, 0) is 24.5 Å². The fraction of sp³-hybridized carbons (Fsp3) is 0.462. The molecule has 1 rings (SSSR count). The largest absolute Gasteiger partial charge is 0.493 e. The number of primary amides is 1. The summed E-state index contributed by atoms with van der Waals surface area (Å²) in [6, 6.07) is 1.79. The van der Waals surface area contributed by atoms with E-state index in [1.165, 1.54) is 7.11 Å². The van der Waals surface area contributed by atoms with Crippen LogP contribution in [0.2, 0.25) is 0 Å². The third-order valence-electron chi connectivity index (χ3n) is 2.84. The maximum absolute atomic E-state index is 11.4. The number of rotatable bonds is 5. The molecule has 0 aliphatic rings. The van der Waals surface area contributed by atoms with E-state index in [2.05, 4.69) is 0 Å². The zero-order chi connectivity index (χ0) is 13.0. The van der Waals surface area contributed by atoms with Crippen molar-refractivity contribution in [1.29, 1.82) is 0 Å². The summed E-state index contributed by atoms with van der Waals surface area (Å²) in [5, 5.41) is 0. The van der Waals surface area contributed by atoms with Crippen LogP contribution in [0.25, 0.3) is 0 Å². The highest BCUT2D eigenvalue weighted by Crippen LogP contribution is 2.37. The minimum absolute atomic E-state index is 0.374. The first kappa shape index (κ1) is 13.4. The zero-order valence-corrected chi connectivity index (χ0v) is 10.8. The summed E-state index contributed by atoms with van der Waals surface area (Å²) < 4.78 is 10.6. The monoisotopic (exact) mass is 237 g/mol. The van der Waals surface area contributed by atoms with Crippen molar-refractivity contribution in [2.24, 2.45) is 5.73 Å². The van der Waals surface area contributed by atoms with Crippen LogP contribution >= 0.6 is 0 Å². The van der Waals surface area contributed by atoms with Crippen LogP contribution in [-0.4, -0.2) is 20.1 Å². The maximum atomic E-state index is 11.4. The summed E-state index contributed by atoms with van der Waals surface area (Å²) in [5.41, 5.74) is 7.86. The van der Waals surface area contributed by atoms with Gasteiger partial charge >= 0.3 is 0 Å². The number of aryl methyl sites for hydroxylation is 1. The van der Waals surface area contributed by atoms with Crippen LogP contribution in [0.4, 0.5) is 0 Å². The highest BCUT2D eigenvalue weighted by atomic mass is 16.5. The number of carbonyl (C=O) groups excluding carboxylic acids is 1. The third kappa shape index (κ3) is 2.35. The van der Waals surface area contributed by atoms with E-state index in [0.717, 1.165) is 24.0 Å². The maximum Gasteiger partial charge on any atom is 0.252 e. The molecule has 17 heavy (non-hydrogen) atoms. The normalized spacial score (nSPS) is 10.1. The average Bonchev–Trinajstić information content (AvgIpc) is 2.35. The molecule has 0 aromatic heterocycles. The van der Waals surface area contributed by atoms with Crippen LogP contribution in [-0.2, 0) is 12.8 Å². The number of hydrogen-bond acceptors (Lipinski definition) is 3. The fourth-order valence-electron chi connectivity index (χ4n) is 2.04. The third-order valence-corrected chi connectivity index (χ3v) is 2.84. The molecule has 0 saturated heterocycles. The predicted octanol–water partition coefficient (Wildman–Crippen LogP) is 1.93. The van der Waals surface area contributed by atoms with Crippen molar-refractivity contribution in [2.75, 3.05) is 14.2 Å². The zero-order valence-electron chi connectivity index (χ0n) is 10.8. The van der Waals surface area contributed by atoms with E-state index >= 15 is 0 Å². The van der Waals surface area contributed by atoms with Gasteiger partial charge in [-0.2, -0.15) is 0 Å². The Kier molecular flexibility index (Phi) is 4.37. The second kappa shape index (κ2) is 5.57. The van der Waals surface area contributed by atoms with Crippen LogP contribution in [0.3, 0.4) is 0 Å². The molecule has 0 spiro atoms. The lowest BCUT2D eigenvalue weighted by Crippen LogP contribution is -2.15. The molecule has 2 N–H and O–H groups in total. The van der Waals surface area contributed by atoms with E-state index in [-0.39, 0.29) is 0 Å². The molecule has 0 radical (unpaired) electrons. The van der Waals surface area contributed by atoms with Crippen LogP contribution < -0.4 is 15.2 Å². The number of benzene rings is 1. The SMILES string of the molecule is CCc1cc(C(N)=O)c(OC)c(OC)c1CC. The minimum atomic E-state index is -0.502. The van der Waals surface area contributed by atoms with Gasteiger partial charge in [-0.3, -0.25) is 4.79 Å². The van der Waals surface area contributed by atoms with Gasteiger partial charge in [0.05, 0.1) is 19.8 Å². The number of ether oxygens (including phenoxy) is 2. The predicted molar refractivity (Wildman–Crippen MR) is 66.8 cm³/mol. The summed E-state index contributed by atoms with van der Waals surface area (Å²) in [6.45, 7) is 4.07. The van der Waals surface area contributed by atoms with Crippen LogP contribution in [0.1, 0.15) is 35.3 Å².